The first-order chi connectivity index (χ1) is 8.15. The summed E-state index contributed by atoms with van der Waals surface area (Å²) in [6, 6.07) is 3.33. The zero-order valence-electron chi connectivity index (χ0n) is 9.40. The smallest absolute Gasteiger partial charge is 0.310 e. The molecule has 0 amide bonds. The lowest BCUT2D eigenvalue weighted by atomic mass is 10.0. The number of rotatable bonds is 3. The maximum Gasteiger partial charge on any atom is 0.310 e. The van der Waals surface area contributed by atoms with E-state index in [0.29, 0.717) is 0 Å². The number of thiophene rings is 1. The van der Waals surface area contributed by atoms with Crippen molar-refractivity contribution in [2.24, 2.45) is 0 Å². The van der Waals surface area contributed by atoms with Crippen LogP contribution in [-0.4, -0.2) is 18.2 Å². The summed E-state index contributed by atoms with van der Waals surface area (Å²) < 4.78 is 5.60. The maximum absolute atomic E-state index is 11.3. The lowest BCUT2D eigenvalue weighted by Gasteiger charge is -2.03. The van der Waals surface area contributed by atoms with Crippen molar-refractivity contribution < 1.29 is 14.6 Å². The predicted octanol–water partition coefficient (Wildman–Crippen LogP) is 2.97. The van der Waals surface area contributed by atoms with Crippen LogP contribution in [0.4, 0.5) is 0 Å². The average molecular weight is 248 g/mol. The molecule has 0 bridgehead atoms. The molecule has 4 heteroatoms. The summed E-state index contributed by atoms with van der Waals surface area (Å²) in [6.07, 6.45) is 1.91. The Hall–Kier alpha value is -1.81. The van der Waals surface area contributed by atoms with Crippen LogP contribution >= 0.6 is 11.3 Å². The van der Waals surface area contributed by atoms with Gasteiger partial charge in [0.1, 0.15) is 5.75 Å². The number of esters is 1. The molecule has 0 saturated heterocycles. The van der Waals surface area contributed by atoms with Gasteiger partial charge >= 0.3 is 5.97 Å². The van der Waals surface area contributed by atoms with E-state index in [4.69, 9.17) is 0 Å². The van der Waals surface area contributed by atoms with E-state index in [-0.39, 0.29) is 18.1 Å². The number of phenols is 1. The van der Waals surface area contributed by atoms with E-state index in [1.54, 1.807) is 18.2 Å². The molecule has 0 fully saturated rings. The minimum Gasteiger partial charge on any atom is -0.508 e. The van der Waals surface area contributed by atoms with Crippen LogP contribution in [0.25, 0.3) is 16.2 Å². The van der Waals surface area contributed by atoms with E-state index in [2.05, 4.69) is 11.3 Å². The minimum atomic E-state index is -0.271. The zero-order valence-corrected chi connectivity index (χ0v) is 10.2. The molecule has 0 saturated carbocycles. The zero-order chi connectivity index (χ0) is 12.4. The molecule has 3 nitrogen and oxygen atoms in total. The second-order valence-electron chi connectivity index (χ2n) is 3.63. The largest absolute Gasteiger partial charge is 0.508 e. The topological polar surface area (TPSA) is 46.5 Å². The molecule has 1 N–H and O–H groups in total. The van der Waals surface area contributed by atoms with E-state index in [1.807, 2.05) is 5.38 Å². The Balaban J connectivity index is 2.58. The SMILES string of the molecule is C=Cc1cc(O)cc2scc(CC(=O)OC)c12. The van der Waals surface area contributed by atoms with Crippen LogP contribution in [0, 0.1) is 0 Å². The van der Waals surface area contributed by atoms with Crippen LogP contribution < -0.4 is 0 Å². The van der Waals surface area contributed by atoms with Gasteiger partial charge in [0.25, 0.3) is 0 Å². The number of carbonyl (C=O) groups excluding carboxylic acids is 1. The molecule has 17 heavy (non-hydrogen) atoms. The fraction of sp³-hybridized carbons (Fsp3) is 0.154. The highest BCUT2D eigenvalue weighted by molar-refractivity contribution is 7.17. The number of fused-ring (bicyclic) bond motifs is 1. The van der Waals surface area contributed by atoms with Crippen molar-refractivity contribution in [3.05, 3.63) is 35.2 Å². The summed E-state index contributed by atoms with van der Waals surface area (Å²) >= 11 is 1.49. The Morgan fingerprint density at radius 3 is 3.00 bits per heavy atom. The van der Waals surface area contributed by atoms with Crippen molar-refractivity contribution in [2.75, 3.05) is 7.11 Å². The van der Waals surface area contributed by atoms with E-state index in [0.717, 1.165) is 21.2 Å². The summed E-state index contributed by atoms with van der Waals surface area (Å²) in [5.74, 6) is -0.0633. The average Bonchev–Trinajstić information content (AvgIpc) is 2.71. The molecule has 0 spiro atoms. The van der Waals surface area contributed by atoms with Crippen LogP contribution in [0.3, 0.4) is 0 Å². The monoisotopic (exact) mass is 248 g/mol. The van der Waals surface area contributed by atoms with Crippen molar-refractivity contribution in [3.63, 3.8) is 0 Å². The van der Waals surface area contributed by atoms with E-state index >= 15 is 0 Å². The van der Waals surface area contributed by atoms with Crippen LogP contribution in [0.15, 0.2) is 24.1 Å². The molecule has 0 radical (unpaired) electrons. The first-order valence-electron chi connectivity index (χ1n) is 5.08. The predicted molar refractivity (Wildman–Crippen MR) is 69.3 cm³/mol. The van der Waals surface area contributed by atoms with Crippen LogP contribution in [0.5, 0.6) is 5.75 Å². The van der Waals surface area contributed by atoms with Gasteiger partial charge in [-0.3, -0.25) is 4.79 Å². The number of hydrogen-bond donors (Lipinski definition) is 1. The first-order valence-corrected chi connectivity index (χ1v) is 5.96. The van der Waals surface area contributed by atoms with Crippen molar-refractivity contribution in [1.29, 1.82) is 0 Å². The number of carbonyl (C=O) groups is 1. The molecule has 1 heterocycles. The standard InChI is InChI=1S/C13H12O3S/c1-3-8-4-10(14)6-11-13(8)9(7-17-11)5-12(15)16-2/h3-4,6-7,14H,1,5H2,2H3. The second kappa shape index (κ2) is 4.59. The van der Waals surface area contributed by atoms with Gasteiger partial charge in [-0.1, -0.05) is 12.7 Å². The van der Waals surface area contributed by atoms with Crippen molar-refractivity contribution >= 4 is 33.5 Å². The van der Waals surface area contributed by atoms with Crippen LogP contribution in [0.1, 0.15) is 11.1 Å². The Bertz CT molecular complexity index is 584. The number of aromatic hydroxyl groups is 1. The molecule has 0 aliphatic rings. The fourth-order valence-corrected chi connectivity index (χ4v) is 2.80. The lowest BCUT2D eigenvalue weighted by molar-refractivity contribution is -0.139. The molecule has 2 aromatic rings. The van der Waals surface area contributed by atoms with E-state index in [9.17, 15) is 9.90 Å². The molecule has 0 aliphatic heterocycles. The Labute approximate surface area is 103 Å². The summed E-state index contributed by atoms with van der Waals surface area (Å²) in [5.41, 5.74) is 1.74. The molecule has 1 aromatic carbocycles. The number of ether oxygens (including phenoxy) is 1. The normalized spacial score (nSPS) is 10.4. The van der Waals surface area contributed by atoms with Gasteiger partial charge in [0, 0.05) is 10.1 Å². The van der Waals surface area contributed by atoms with Gasteiger partial charge in [-0.25, -0.2) is 0 Å². The van der Waals surface area contributed by atoms with Gasteiger partial charge in [0.05, 0.1) is 13.5 Å². The quantitative estimate of drug-likeness (QED) is 0.849. The molecule has 88 valence electrons. The Kier molecular flexibility index (Phi) is 3.15. The van der Waals surface area contributed by atoms with Gasteiger partial charge in [-0.15, -0.1) is 11.3 Å². The van der Waals surface area contributed by atoms with Gasteiger partial charge < -0.3 is 9.84 Å². The van der Waals surface area contributed by atoms with Crippen LogP contribution in [-0.2, 0) is 16.0 Å². The highest BCUT2D eigenvalue weighted by Crippen LogP contribution is 2.33. The maximum atomic E-state index is 11.3. The van der Waals surface area contributed by atoms with Crippen molar-refractivity contribution in [1.82, 2.24) is 0 Å². The summed E-state index contributed by atoms with van der Waals surface area (Å²) in [7, 11) is 1.37. The van der Waals surface area contributed by atoms with E-state index < -0.39 is 0 Å². The Morgan fingerprint density at radius 2 is 2.35 bits per heavy atom. The molecule has 0 atom stereocenters. The fourth-order valence-electron chi connectivity index (χ4n) is 1.77. The second-order valence-corrected chi connectivity index (χ2v) is 4.54. The lowest BCUT2D eigenvalue weighted by Crippen LogP contribution is -2.03. The van der Waals surface area contributed by atoms with Gasteiger partial charge in [0.15, 0.2) is 0 Å². The minimum absolute atomic E-state index is 0.207. The molecule has 0 aliphatic carbocycles. The summed E-state index contributed by atoms with van der Waals surface area (Å²) in [4.78, 5) is 11.3. The highest BCUT2D eigenvalue weighted by Gasteiger charge is 2.12. The Morgan fingerprint density at radius 1 is 1.59 bits per heavy atom. The highest BCUT2D eigenvalue weighted by atomic mass is 32.1. The van der Waals surface area contributed by atoms with Gasteiger partial charge in [-0.05, 0) is 28.6 Å². The third kappa shape index (κ3) is 2.17. The third-order valence-corrected chi connectivity index (χ3v) is 3.53. The van der Waals surface area contributed by atoms with Gasteiger partial charge in [0.2, 0.25) is 0 Å². The molecule has 2 rings (SSSR count). The number of hydrogen-bond acceptors (Lipinski definition) is 4. The van der Waals surface area contributed by atoms with Crippen LogP contribution in [0.2, 0.25) is 0 Å². The first kappa shape index (κ1) is 11.7. The molecular formula is C13H12O3S. The van der Waals surface area contributed by atoms with Gasteiger partial charge in [-0.2, -0.15) is 0 Å². The molecule has 1 aromatic heterocycles. The third-order valence-electron chi connectivity index (χ3n) is 2.55. The molecular weight excluding hydrogens is 236 g/mol. The number of benzene rings is 1. The molecule has 0 unspecified atom stereocenters. The number of methoxy groups -OCH3 is 1. The van der Waals surface area contributed by atoms with Crippen molar-refractivity contribution in [3.8, 4) is 5.75 Å². The summed E-state index contributed by atoms with van der Waals surface area (Å²) in [5, 5.41) is 12.4. The van der Waals surface area contributed by atoms with Crippen molar-refractivity contribution in [2.45, 2.75) is 6.42 Å². The summed E-state index contributed by atoms with van der Waals surface area (Å²) in [6.45, 7) is 3.72. The number of phenolic OH excluding ortho intramolecular Hbond substituents is 1. The van der Waals surface area contributed by atoms with E-state index in [1.165, 1.54) is 18.4 Å².